The number of nitrogen functional groups attached to an aromatic ring is 1. The zero-order chi connectivity index (χ0) is 20.7. The lowest BCUT2D eigenvalue weighted by Gasteiger charge is -2.25. The third-order valence-electron chi connectivity index (χ3n) is 5.21. The molecule has 30 heavy (non-hydrogen) atoms. The maximum absolute atomic E-state index is 11.8. The second-order valence-corrected chi connectivity index (χ2v) is 7.06. The van der Waals surface area contributed by atoms with Gasteiger partial charge in [-0.25, -0.2) is 19.7 Å². The van der Waals surface area contributed by atoms with Crippen molar-refractivity contribution in [2.75, 3.05) is 26.1 Å². The Morgan fingerprint density at radius 2 is 1.93 bits per heavy atom. The number of hydrogen-bond donors (Lipinski definition) is 1. The molecule has 4 heterocycles. The van der Waals surface area contributed by atoms with E-state index < -0.39 is 0 Å². The molecule has 150 valence electrons. The number of nitrogens with zero attached hydrogens (tertiary/aromatic N) is 4. The smallest absolute Gasteiger partial charge is 0.337 e. The number of hydrogen-bond acceptors (Lipinski definition) is 7. The van der Waals surface area contributed by atoms with Gasteiger partial charge in [0, 0.05) is 17.8 Å². The fourth-order valence-electron chi connectivity index (χ4n) is 3.50. The molecular formula is C22H19N5O3. The van der Waals surface area contributed by atoms with Crippen LogP contribution in [-0.4, -0.2) is 45.8 Å². The number of imidazole rings is 1. The highest BCUT2D eigenvalue weighted by molar-refractivity contribution is 5.90. The molecule has 0 aliphatic carbocycles. The number of pyridine rings is 2. The number of nitrogens with two attached hydrogens (primary N) is 1. The summed E-state index contributed by atoms with van der Waals surface area (Å²) in [6.07, 6.45) is 1.64. The molecule has 0 radical (unpaired) electrons. The molecule has 2 N–H and O–H groups in total. The molecule has 1 saturated heterocycles. The molecular weight excluding hydrogens is 382 g/mol. The first-order valence-electron chi connectivity index (χ1n) is 9.52. The van der Waals surface area contributed by atoms with Crippen molar-refractivity contribution >= 4 is 23.0 Å². The summed E-state index contributed by atoms with van der Waals surface area (Å²) in [5.74, 6) is 0.911. The number of carbonyl (C=O) groups excluding carboxylic acids is 1. The SMILES string of the molecule is COC(=O)c1ccc(-n2c(-c3cccnc3N)nc3ccc(C4COC4)nc32)cc1. The van der Waals surface area contributed by atoms with Gasteiger partial charge in [0.05, 0.1) is 37.1 Å². The van der Waals surface area contributed by atoms with Crippen LogP contribution >= 0.6 is 0 Å². The number of benzene rings is 1. The Morgan fingerprint density at radius 3 is 2.60 bits per heavy atom. The predicted molar refractivity (Wildman–Crippen MR) is 111 cm³/mol. The van der Waals surface area contributed by atoms with Crippen LogP contribution in [0.3, 0.4) is 0 Å². The number of rotatable bonds is 4. The van der Waals surface area contributed by atoms with E-state index in [-0.39, 0.29) is 11.9 Å². The quantitative estimate of drug-likeness (QED) is 0.524. The summed E-state index contributed by atoms with van der Waals surface area (Å²) in [7, 11) is 1.36. The van der Waals surface area contributed by atoms with Gasteiger partial charge in [0.2, 0.25) is 0 Å². The van der Waals surface area contributed by atoms with Gasteiger partial charge in [-0.3, -0.25) is 4.57 Å². The van der Waals surface area contributed by atoms with Crippen LogP contribution in [0, 0.1) is 0 Å². The zero-order valence-corrected chi connectivity index (χ0v) is 16.3. The molecule has 8 heteroatoms. The van der Waals surface area contributed by atoms with Crippen molar-refractivity contribution in [3.8, 4) is 17.1 Å². The summed E-state index contributed by atoms with van der Waals surface area (Å²) in [6, 6.07) is 14.8. The van der Waals surface area contributed by atoms with Crippen LogP contribution in [-0.2, 0) is 9.47 Å². The van der Waals surface area contributed by atoms with Gasteiger partial charge >= 0.3 is 5.97 Å². The van der Waals surface area contributed by atoms with Crippen LogP contribution in [0.5, 0.6) is 0 Å². The van der Waals surface area contributed by atoms with E-state index in [1.807, 2.05) is 41.0 Å². The lowest BCUT2D eigenvalue weighted by molar-refractivity contribution is 0.00682. The van der Waals surface area contributed by atoms with Crippen LogP contribution in [0.15, 0.2) is 54.7 Å². The molecule has 8 nitrogen and oxygen atoms in total. The molecule has 1 aliphatic heterocycles. The van der Waals surface area contributed by atoms with E-state index in [9.17, 15) is 4.79 Å². The molecule has 4 aromatic rings. The maximum Gasteiger partial charge on any atom is 0.337 e. The Kier molecular flexibility index (Phi) is 4.40. The average molecular weight is 401 g/mol. The van der Waals surface area contributed by atoms with Gasteiger partial charge in [-0.1, -0.05) is 0 Å². The third kappa shape index (κ3) is 2.98. The zero-order valence-electron chi connectivity index (χ0n) is 16.3. The number of carbonyl (C=O) groups is 1. The van der Waals surface area contributed by atoms with E-state index in [4.69, 9.17) is 25.2 Å². The Morgan fingerprint density at radius 1 is 1.13 bits per heavy atom. The normalized spacial score (nSPS) is 13.9. The summed E-state index contributed by atoms with van der Waals surface area (Å²) < 4.78 is 12.1. The highest BCUT2D eigenvalue weighted by Crippen LogP contribution is 2.32. The predicted octanol–water partition coefficient (Wildman–Crippen LogP) is 2.97. The van der Waals surface area contributed by atoms with Crippen molar-refractivity contribution in [1.82, 2.24) is 19.5 Å². The van der Waals surface area contributed by atoms with Crippen molar-refractivity contribution in [3.05, 3.63) is 66.0 Å². The Hall–Kier alpha value is -3.78. The molecule has 5 rings (SSSR count). The van der Waals surface area contributed by atoms with Crippen molar-refractivity contribution in [3.63, 3.8) is 0 Å². The maximum atomic E-state index is 11.8. The van der Waals surface area contributed by atoms with Crippen LogP contribution in [0.25, 0.3) is 28.2 Å². The van der Waals surface area contributed by atoms with E-state index in [1.165, 1.54) is 7.11 Å². The molecule has 1 aliphatic rings. The summed E-state index contributed by atoms with van der Waals surface area (Å²) in [6.45, 7) is 1.34. The number of anilines is 1. The largest absolute Gasteiger partial charge is 0.465 e. The van der Waals surface area contributed by atoms with Crippen molar-refractivity contribution in [1.29, 1.82) is 0 Å². The highest BCUT2D eigenvalue weighted by atomic mass is 16.5. The van der Waals surface area contributed by atoms with Gasteiger partial charge in [-0.15, -0.1) is 0 Å². The second kappa shape index (κ2) is 7.23. The van der Waals surface area contributed by atoms with Gasteiger partial charge in [-0.05, 0) is 48.5 Å². The molecule has 0 amide bonds. The first-order valence-corrected chi connectivity index (χ1v) is 9.52. The van der Waals surface area contributed by atoms with Gasteiger partial charge < -0.3 is 15.2 Å². The molecule has 0 saturated carbocycles. The van der Waals surface area contributed by atoms with Crippen LogP contribution in [0.2, 0.25) is 0 Å². The fourth-order valence-corrected chi connectivity index (χ4v) is 3.50. The molecule has 1 aromatic carbocycles. The Bertz CT molecular complexity index is 1250. The topological polar surface area (TPSA) is 105 Å². The van der Waals surface area contributed by atoms with Crippen LogP contribution < -0.4 is 5.73 Å². The molecule has 0 bridgehead atoms. The summed E-state index contributed by atoms with van der Waals surface area (Å²) in [5, 5.41) is 0. The van der Waals surface area contributed by atoms with E-state index in [0.29, 0.717) is 41.6 Å². The van der Waals surface area contributed by atoms with E-state index in [0.717, 1.165) is 16.9 Å². The van der Waals surface area contributed by atoms with Crippen LogP contribution in [0.1, 0.15) is 22.0 Å². The highest BCUT2D eigenvalue weighted by Gasteiger charge is 2.24. The van der Waals surface area contributed by atoms with Crippen molar-refractivity contribution < 1.29 is 14.3 Å². The molecule has 0 atom stereocenters. The lowest BCUT2D eigenvalue weighted by atomic mass is 10.0. The first kappa shape index (κ1) is 18.3. The molecule has 0 spiro atoms. The summed E-state index contributed by atoms with van der Waals surface area (Å²) in [5.41, 5.74) is 10.5. The third-order valence-corrected chi connectivity index (χ3v) is 5.21. The van der Waals surface area contributed by atoms with Crippen molar-refractivity contribution in [2.45, 2.75) is 5.92 Å². The van der Waals surface area contributed by atoms with Crippen molar-refractivity contribution in [2.24, 2.45) is 0 Å². The number of ether oxygens (including phenoxy) is 2. The minimum Gasteiger partial charge on any atom is -0.465 e. The Balaban J connectivity index is 1.73. The summed E-state index contributed by atoms with van der Waals surface area (Å²) >= 11 is 0. The number of methoxy groups -OCH3 is 1. The standard InChI is InChI=1S/C22H19N5O3/c1-29-22(28)13-4-6-15(7-5-13)27-20(16-3-2-10-24-19(16)23)26-18-9-8-17(25-21(18)27)14-11-30-12-14/h2-10,14H,11-12H2,1H3,(H2,23,24). The number of esters is 1. The summed E-state index contributed by atoms with van der Waals surface area (Å²) in [4.78, 5) is 25.7. The van der Waals surface area contributed by atoms with E-state index in [2.05, 4.69) is 4.98 Å². The second-order valence-electron chi connectivity index (χ2n) is 7.06. The van der Waals surface area contributed by atoms with Gasteiger partial charge in [0.25, 0.3) is 0 Å². The van der Waals surface area contributed by atoms with Gasteiger partial charge in [0.1, 0.15) is 11.3 Å². The van der Waals surface area contributed by atoms with E-state index in [1.54, 1.807) is 18.3 Å². The number of aromatic nitrogens is 4. The fraction of sp³-hybridized carbons (Fsp3) is 0.182. The van der Waals surface area contributed by atoms with E-state index >= 15 is 0 Å². The molecule has 0 unspecified atom stereocenters. The Labute approximate surface area is 172 Å². The van der Waals surface area contributed by atoms with Gasteiger partial charge in [0.15, 0.2) is 11.5 Å². The lowest BCUT2D eigenvalue weighted by Crippen LogP contribution is -2.26. The van der Waals surface area contributed by atoms with Crippen LogP contribution in [0.4, 0.5) is 5.82 Å². The minimum atomic E-state index is -0.390. The monoisotopic (exact) mass is 401 g/mol. The average Bonchev–Trinajstić information content (AvgIpc) is 3.11. The molecule has 1 fully saturated rings. The van der Waals surface area contributed by atoms with Gasteiger partial charge in [-0.2, -0.15) is 0 Å². The number of fused-ring (bicyclic) bond motifs is 1. The molecule has 3 aromatic heterocycles. The first-order chi connectivity index (χ1) is 14.7. The minimum absolute atomic E-state index is 0.284.